The third kappa shape index (κ3) is 4.22. The summed E-state index contributed by atoms with van der Waals surface area (Å²) in [5, 5.41) is 7.21. The average molecular weight is 422 g/mol. The fourth-order valence-electron chi connectivity index (χ4n) is 4.01. The van der Waals surface area contributed by atoms with E-state index in [1.807, 2.05) is 6.07 Å². The maximum Gasteiger partial charge on any atom is 0.316 e. The number of amides is 1. The highest BCUT2D eigenvalue weighted by Crippen LogP contribution is 2.31. The average Bonchev–Trinajstić information content (AvgIpc) is 2.77. The molecule has 3 heterocycles. The Labute approximate surface area is 180 Å². The van der Waals surface area contributed by atoms with Crippen molar-refractivity contribution >= 4 is 28.2 Å². The Balaban J connectivity index is 1.76. The zero-order valence-corrected chi connectivity index (χ0v) is 18.0. The third-order valence-electron chi connectivity index (χ3n) is 5.28. The van der Waals surface area contributed by atoms with Gasteiger partial charge in [0.1, 0.15) is 11.4 Å². The van der Waals surface area contributed by atoms with Crippen LogP contribution in [0.5, 0.6) is 11.8 Å². The molecule has 1 amide bonds. The quantitative estimate of drug-likeness (QED) is 0.647. The number of nitrogens with one attached hydrogen (secondary N) is 2. The standard InChI is InChI=1S/C22H26N6O3/c1-13-11-28(12-14(2)25-13)18-6-5-15(20-16(18)9-24-22(27-20)31-4)21(29)26-17-10-23-8-7-19(17)30-3/h5-10,13-14,25H,11-12H2,1-4H3,(H,26,29). The van der Waals surface area contributed by atoms with Crippen molar-refractivity contribution in [2.45, 2.75) is 25.9 Å². The highest BCUT2D eigenvalue weighted by Gasteiger charge is 2.25. The molecule has 9 nitrogen and oxygen atoms in total. The predicted molar refractivity (Wildman–Crippen MR) is 119 cm³/mol. The molecule has 2 N–H and O–H groups in total. The van der Waals surface area contributed by atoms with E-state index < -0.39 is 0 Å². The summed E-state index contributed by atoms with van der Waals surface area (Å²) in [7, 11) is 3.05. The molecule has 162 valence electrons. The van der Waals surface area contributed by atoms with E-state index in [0.29, 0.717) is 34.6 Å². The van der Waals surface area contributed by atoms with Gasteiger partial charge in [-0.25, -0.2) is 4.98 Å². The van der Waals surface area contributed by atoms with Gasteiger partial charge in [0, 0.05) is 54.7 Å². The Morgan fingerprint density at radius 1 is 1.13 bits per heavy atom. The van der Waals surface area contributed by atoms with Crippen molar-refractivity contribution in [1.29, 1.82) is 0 Å². The number of carbonyl (C=O) groups is 1. The molecule has 2 unspecified atom stereocenters. The van der Waals surface area contributed by atoms with E-state index in [2.05, 4.69) is 44.3 Å². The molecule has 2 atom stereocenters. The number of nitrogens with zero attached hydrogens (tertiary/aromatic N) is 4. The SMILES string of the molecule is COc1ncc2c(N3CC(C)NC(C)C3)ccc(C(=O)Nc3cnccc3OC)c2n1. The highest BCUT2D eigenvalue weighted by atomic mass is 16.5. The number of hydrogen-bond donors (Lipinski definition) is 2. The van der Waals surface area contributed by atoms with Crippen LogP contribution in [0, 0.1) is 0 Å². The van der Waals surface area contributed by atoms with Crippen LogP contribution in [0.3, 0.4) is 0 Å². The van der Waals surface area contributed by atoms with Crippen molar-refractivity contribution in [1.82, 2.24) is 20.3 Å². The Morgan fingerprint density at radius 2 is 1.90 bits per heavy atom. The minimum Gasteiger partial charge on any atom is -0.494 e. The molecule has 2 aromatic heterocycles. The maximum absolute atomic E-state index is 13.2. The number of fused-ring (bicyclic) bond motifs is 1. The number of ether oxygens (including phenoxy) is 2. The van der Waals surface area contributed by atoms with E-state index in [0.717, 1.165) is 24.2 Å². The van der Waals surface area contributed by atoms with Gasteiger partial charge in [0.25, 0.3) is 5.91 Å². The van der Waals surface area contributed by atoms with Crippen molar-refractivity contribution in [2.24, 2.45) is 0 Å². The van der Waals surface area contributed by atoms with E-state index in [4.69, 9.17) is 9.47 Å². The molecule has 3 aromatic rings. The molecule has 31 heavy (non-hydrogen) atoms. The van der Waals surface area contributed by atoms with Gasteiger partial charge in [-0.05, 0) is 26.0 Å². The van der Waals surface area contributed by atoms with E-state index in [9.17, 15) is 4.79 Å². The second-order valence-corrected chi connectivity index (χ2v) is 7.66. The number of carbonyl (C=O) groups excluding carboxylic acids is 1. The smallest absolute Gasteiger partial charge is 0.316 e. The van der Waals surface area contributed by atoms with Crippen LogP contribution >= 0.6 is 0 Å². The number of pyridine rings is 1. The zero-order valence-electron chi connectivity index (χ0n) is 18.0. The Bertz CT molecular complexity index is 1100. The first kappa shape index (κ1) is 20.8. The summed E-state index contributed by atoms with van der Waals surface area (Å²) in [5.74, 6) is 0.214. The van der Waals surface area contributed by atoms with Gasteiger partial charge in [-0.15, -0.1) is 0 Å². The highest BCUT2D eigenvalue weighted by molar-refractivity contribution is 6.14. The number of rotatable bonds is 5. The fraction of sp³-hybridized carbons (Fsp3) is 0.364. The minimum atomic E-state index is -0.314. The minimum absolute atomic E-state index is 0.208. The molecule has 0 aliphatic carbocycles. The van der Waals surface area contributed by atoms with Gasteiger partial charge in [-0.3, -0.25) is 9.78 Å². The molecule has 0 bridgehead atoms. The van der Waals surface area contributed by atoms with Crippen molar-refractivity contribution in [3.63, 3.8) is 0 Å². The molecule has 1 aliphatic heterocycles. The summed E-state index contributed by atoms with van der Waals surface area (Å²) in [6.07, 6.45) is 4.87. The molecule has 0 spiro atoms. The number of benzene rings is 1. The Hall–Kier alpha value is -3.46. The number of methoxy groups -OCH3 is 2. The van der Waals surface area contributed by atoms with Crippen LogP contribution in [0.1, 0.15) is 24.2 Å². The fourth-order valence-corrected chi connectivity index (χ4v) is 4.01. The van der Waals surface area contributed by atoms with Crippen molar-refractivity contribution in [3.8, 4) is 11.8 Å². The van der Waals surface area contributed by atoms with Crippen molar-refractivity contribution in [2.75, 3.05) is 37.5 Å². The van der Waals surface area contributed by atoms with Gasteiger partial charge in [0.05, 0.1) is 31.5 Å². The van der Waals surface area contributed by atoms with E-state index in [1.54, 1.807) is 37.8 Å². The number of hydrogen-bond acceptors (Lipinski definition) is 8. The second-order valence-electron chi connectivity index (χ2n) is 7.66. The van der Waals surface area contributed by atoms with Crippen LogP contribution < -0.4 is 25.0 Å². The lowest BCUT2D eigenvalue weighted by molar-refractivity contribution is 0.102. The lowest BCUT2D eigenvalue weighted by atomic mass is 10.0. The van der Waals surface area contributed by atoms with E-state index in [-0.39, 0.29) is 11.9 Å². The summed E-state index contributed by atoms with van der Waals surface area (Å²) in [6, 6.07) is 6.34. The van der Waals surface area contributed by atoms with Crippen molar-refractivity contribution in [3.05, 3.63) is 42.4 Å². The maximum atomic E-state index is 13.2. The number of aromatic nitrogens is 3. The van der Waals surface area contributed by atoms with Crippen LogP contribution in [0.4, 0.5) is 11.4 Å². The van der Waals surface area contributed by atoms with Gasteiger partial charge in [-0.2, -0.15) is 4.98 Å². The largest absolute Gasteiger partial charge is 0.494 e. The van der Waals surface area contributed by atoms with Crippen molar-refractivity contribution < 1.29 is 14.3 Å². The first-order valence-electron chi connectivity index (χ1n) is 10.1. The molecule has 1 fully saturated rings. The molecule has 1 saturated heterocycles. The summed E-state index contributed by atoms with van der Waals surface area (Å²) in [4.78, 5) is 28.3. The molecule has 1 aromatic carbocycles. The van der Waals surface area contributed by atoms with E-state index in [1.165, 1.54) is 7.11 Å². The predicted octanol–water partition coefficient (Wildman–Crippen LogP) is 2.48. The zero-order chi connectivity index (χ0) is 22.0. The van der Waals surface area contributed by atoms with Crippen LogP contribution in [-0.2, 0) is 0 Å². The molecule has 0 radical (unpaired) electrons. The van der Waals surface area contributed by atoms with Crippen LogP contribution in [-0.4, -0.2) is 60.3 Å². The molecular formula is C22H26N6O3. The Morgan fingerprint density at radius 3 is 2.61 bits per heavy atom. The van der Waals surface area contributed by atoms with Gasteiger partial charge >= 0.3 is 6.01 Å². The van der Waals surface area contributed by atoms with Crippen LogP contribution in [0.15, 0.2) is 36.8 Å². The summed E-state index contributed by atoms with van der Waals surface area (Å²) >= 11 is 0. The Kier molecular flexibility index (Phi) is 5.85. The van der Waals surface area contributed by atoms with Gasteiger partial charge in [0.15, 0.2) is 0 Å². The van der Waals surface area contributed by atoms with Gasteiger partial charge in [-0.1, -0.05) is 0 Å². The number of piperazine rings is 1. The lowest BCUT2D eigenvalue weighted by Gasteiger charge is -2.38. The molecule has 1 aliphatic rings. The normalized spacial score (nSPS) is 18.6. The van der Waals surface area contributed by atoms with E-state index >= 15 is 0 Å². The number of anilines is 2. The van der Waals surface area contributed by atoms with Gasteiger partial charge < -0.3 is 25.0 Å². The molecule has 9 heteroatoms. The lowest BCUT2D eigenvalue weighted by Crippen LogP contribution is -2.54. The van der Waals surface area contributed by atoms with Crippen LogP contribution in [0.25, 0.3) is 10.9 Å². The summed E-state index contributed by atoms with van der Waals surface area (Å²) in [5.41, 5.74) is 2.43. The first-order valence-corrected chi connectivity index (χ1v) is 10.1. The summed E-state index contributed by atoms with van der Waals surface area (Å²) < 4.78 is 10.5. The topological polar surface area (TPSA) is 102 Å². The monoisotopic (exact) mass is 422 g/mol. The molecule has 4 rings (SSSR count). The van der Waals surface area contributed by atoms with Crippen LogP contribution in [0.2, 0.25) is 0 Å². The summed E-state index contributed by atoms with van der Waals surface area (Å²) in [6.45, 7) is 6.02. The van der Waals surface area contributed by atoms with Gasteiger partial charge in [0.2, 0.25) is 0 Å². The first-order chi connectivity index (χ1) is 15.0. The molecule has 0 saturated carbocycles. The second kappa shape index (κ2) is 8.73. The molecular weight excluding hydrogens is 396 g/mol. The third-order valence-corrected chi connectivity index (χ3v) is 5.28.